The normalized spacial score (nSPS) is 22.0. The van der Waals surface area contributed by atoms with Crippen molar-refractivity contribution in [2.75, 3.05) is 13.1 Å². The van der Waals surface area contributed by atoms with Crippen molar-refractivity contribution in [2.24, 2.45) is 5.92 Å². The van der Waals surface area contributed by atoms with Gasteiger partial charge in [-0.25, -0.2) is 13.5 Å². The molecule has 1 aliphatic heterocycles. The van der Waals surface area contributed by atoms with E-state index in [2.05, 4.69) is 25.9 Å². The monoisotopic (exact) mass is 381 g/mol. The van der Waals surface area contributed by atoms with Gasteiger partial charge in [-0.3, -0.25) is 9.59 Å². The third-order valence-corrected chi connectivity index (χ3v) is 5.78. The number of carbonyl (C=O) groups is 1. The summed E-state index contributed by atoms with van der Waals surface area (Å²) in [6.45, 7) is 7.26. The minimum atomic E-state index is -2.62. The van der Waals surface area contributed by atoms with Gasteiger partial charge in [0.2, 0.25) is 11.8 Å². The summed E-state index contributed by atoms with van der Waals surface area (Å²) in [5.41, 5.74) is 0.598. The van der Waals surface area contributed by atoms with Crippen molar-refractivity contribution < 1.29 is 13.6 Å². The second kappa shape index (κ2) is 7.32. The van der Waals surface area contributed by atoms with Crippen LogP contribution in [-0.2, 0) is 10.2 Å². The highest BCUT2D eigenvalue weighted by molar-refractivity contribution is 5.79. The molecule has 1 saturated carbocycles. The molecule has 150 valence electrons. The van der Waals surface area contributed by atoms with Crippen molar-refractivity contribution in [2.45, 2.75) is 76.7 Å². The first-order valence-electron chi connectivity index (χ1n) is 9.84. The van der Waals surface area contributed by atoms with Crippen LogP contribution in [0.15, 0.2) is 16.9 Å². The van der Waals surface area contributed by atoms with Crippen LogP contribution in [0, 0.1) is 5.92 Å². The summed E-state index contributed by atoms with van der Waals surface area (Å²) in [6, 6.07) is 3.31. The zero-order chi connectivity index (χ0) is 19.8. The maximum atomic E-state index is 13.3. The van der Waals surface area contributed by atoms with Crippen LogP contribution in [0.5, 0.6) is 0 Å². The SMILES string of the molecule is CC(C)(C)c1ccc(=O)n(C2CCN(C(=O)C3CCC(F)(F)CC3)CC2)n1. The Bertz CT molecular complexity index is 736. The Hall–Kier alpha value is -1.79. The number of aromatic nitrogens is 2. The minimum Gasteiger partial charge on any atom is -0.342 e. The summed E-state index contributed by atoms with van der Waals surface area (Å²) in [7, 11) is 0. The molecule has 2 heterocycles. The van der Waals surface area contributed by atoms with Gasteiger partial charge in [0.1, 0.15) is 0 Å². The Morgan fingerprint density at radius 2 is 1.70 bits per heavy atom. The van der Waals surface area contributed by atoms with E-state index in [4.69, 9.17) is 0 Å². The fourth-order valence-electron chi connectivity index (χ4n) is 3.96. The molecule has 0 radical (unpaired) electrons. The first kappa shape index (κ1) is 20.0. The molecule has 7 heteroatoms. The van der Waals surface area contributed by atoms with Gasteiger partial charge in [-0.05, 0) is 31.7 Å². The van der Waals surface area contributed by atoms with E-state index in [0.29, 0.717) is 25.9 Å². The van der Waals surface area contributed by atoms with Gasteiger partial charge in [0.25, 0.3) is 5.56 Å². The molecule has 0 atom stereocenters. The molecule has 3 rings (SSSR count). The number of amides is 1. The van der Waals surface area contributed by atoms with Crippen LogP contribution in [0.25, 0.3) is 0 Å². The summed E-state index contributed by atoms with van der Waals surface area (Å²) in [5, 5.41) is 4.56. The molecule has 2 aliphatic rings. The van der Waals surface area contributed by atoms with Gasteiger partial charge < -0.3 is 4.90 Å². The third kappa shape index (κ3) is 4.55. The number of rotatable bonds is 2. The topological polar surface area (TPSA) is 55.2 Å². The van der Waals surface area contributed by atoms with Gasteiger partial charge in [-0.2, -0.15) is 5.10 Å². The van der Waals surface area contributed by atoms with E-state index >= 15 is 0 Å². The van der Waals surface area contributed by atoms with Crippen LogP contribution in [0.2, 0.25) is 0 Å². The highest BCUT2D eigenvalue weighted by atomic mass is 19.3. The van der Waals surface area contributed by atoms with E-state index < -0.39 is 5.92 Å². The summed E-state index contributed by atoms with van der Waals surface area (Å²) in [6.07, 6.45) is 1.46. The number of halogens is 2. The van der Waals surface area contributed by atoms with Crippen molar-refractivity contribution in [3.05, 3.63) is 28.2 Å². The molecular formula is C20H29F2N3O2. The molecule has 0 unspecified atom stereocenters. The van der Waals surface area contributed by atoms with Gasteiger partial charge >= 0.3 is 0 Å². The summed E-state index contributed by atoms with van der Waals surface area (Å²) in [5.74, 6) is -2.91. The smallest absolute Gasteiger partial charge is 0.267 e. The Balaban J connectivity index is 1.62. The van der Waals surface area contributed by atoms with Crippen LogP contribution in [0.4, 0.5) is 8.78 Å². The molecule has 27 heavy (non-hydrogen) atoms. The van der Waals surface area contributed by atoms with Crippen LogP contribution in [-0.4, -0.2) is 39.6 Å². The summed E-state index contributed by atoms with van der Waals surface area (Å²) in [4.78, 5) is 26.7. The number of nitrogens with zero attached hydrogens (tertiary/aromatic N) is 3. The molecule has 0 aromatic carbocycles. The van der Waals surface area contributed by atoms with Crippen molar-refractivity contribution in [1.82, 2.24) is 14.7 Å². The fraction of sp³-hybridized carbons (Fsp3) is 0.750. The Morgan fingerprint density at radius 1 is 1.11 bits per heavy atom. The average Bonchev–Trinajstić information content (AvgIpc) is 2.61. The lowest BCUT2D eigenvalue weighted by atomic mass is 9.85. The van der Waals surface area contributed by atoms with Gasteiger partial charge in [-0.1, -0.05) is 20.8 Å². The predicted octanol–water partition coefficient (Wildman–Crippen LogP) is 3.53. The second-order valence-electron chi connectivity index (χ2n) is 8.94. The van der Waals surface area contributed by atoms with E-state index in [-0.39, 0.29) is 54.5 Å². The molecule has 0 spiro atoms. The average molecular weight is 381 g/mol. The molecule has 0 bridgehead atoms. The molecule has 1 saturated heterocycles. The fourth-order valence-corrected chi connectivity index (χ4v) is 3.96. The summed E-state index contributed by atoms with van der Waals surface area (Å²) >= 11 is 0. The highest BCUT2D eigenvalue weighted by Crippen LogP contribution is 2.37. The minimum absolute atomic E-state index is 0.00676. The highest BCUT2D eigenvalue weighted by Gasteiger charge is 2.39. The summed E-state index contributed by atoms with van der Waals surface area (Å²) < 4.78 is 28.2. The van der Waals surface area contributed by atoms with Crippen LogP contribution in [0.1, 0.15) is 71.0 Å². The molecule has 1 amide bonds. The van der Waals surface area contributed by atoms with Crippen molar-refractivity contribution in [1.29, 1.82) is 0 Å². The van der Waals surface area contributed by atoms with Gasteiger partial charge in [0.05, 0.1) is 11.7 Å². The van der Waals surface area contributed by atoms with Gasteiger partial charge in [0.15, 0.2) is 0 Å². The molecule has 1 aromatic heterocycles. The van der Waals surface area contributed by atoms with Crippen LogP contribution < -0.4 is 5.56 Å². The number of hydrogen-bond donors (Lipinski definition) is 0. The zero-order valence-electron chi connectivity index (χ0n) is 16.4. The van der Waals surface area contributed by atoms with E-state index in [9.17, 15) is 18.4 Å². The molecule has 1 aromatic rings. The number of piperidine rings is 1. The maximum Gasteiger partial charge on any atom is 0.267 e. The third-order valence-electron chi connectivity index (χ3n) is 5.78. The van der Waals surface area contributed by atoms with E-state index in [1.807, 2.05) is 0 Å². The van der Waals surface area contributed by atoms with Crippen molar-refractivity contribution in [3.8, 4) is 0 Å². The molecule has 1 aliphatic carbocycles. The Morgan fingerprint density at radius 3 is 2.26 bits per heavy atom. The Labute approximate surface area is 158 Å². The molecule has 5 nitrogen and oxygen atoms in total. The van der Waals surface area contributed by atoms with Crippen molar-refractivity contribution in [3.63, 3.8) is 0 Å². The number of alkyl halides is 2. The zero-order valence-corrected chi connectivity index (χ0v) is 16.4. The molecular weight excluding hydrogens is 352 g/mol. The van der Waals surface area contributed by atoms with E-state index in [0.717, 1.165) is 5.69 Å². The van der Waals surface area contributed by atoms with E-state index in [1.54, 1.807) is 21.7 Å². The maximum absolute atomic E-state index is 13.3. The first-order chi connectivity index (χ1) is 12.6. The standard InChI is InChI=1S/C20H29F2N3O2/c1-19(2,3)16-4-5-17(26)25(23-16)15-8-12-24(13-9-15)18(27)14-6-10-20(21,22)11-7-14/h4-5,14-15H,6-13H2,1-3H3. The van der Waals surface area contributed by atoms with Crippen LogP contribution >= 0.6 is 0 Å². The van der Waals surface area contributed by atoms with E-state index in [1.165, 1.54) is 0 Å². The Kier molecular flexibility index (Phi) is 5.41. The molecule has 0 N–H and O–H groups in total. The van der Waals surface area contributed by atoms with Crippen LogP contribution in [0.3, 0.4) is 0 Å². The van der Waals surface area contributed by atoms with Gasteiger partial charge in [0, 0.05) is 43.3 Å². The number of carbonyl (C=O) groups excluding carboxylic acids is 1. The number of likely N-dealkylation sites (tertiary alicyclic amines) is 1. The van der Waals surface area contributed by atoms with Gasteiger partial charge in [-0.15, -0.1) is 0 Å². The second-order valence-corrected chi connectivity index (χ2v) is 8.94. The lowest BCUT2D eigenvalue weighted by molar-refractivity contribution is -0.141. The first-order valence-corrected chi connectivity index (χ1v) is 9.84. The predicted molar refractivity (Wildman–Crippen MR) is 99.0 cm³/mol. The lowest BCUT2D eigenvalue weighted by Gasteiger charge is -2.36. The lowest BCUT2D eigenvalue weighted by Crippen LogP contribution is -2.45. The quantitative estimate of drug-likeness (QED) is 0.788. The number of hydrogen-bond acceptors (Lipinski definition) is 3. The van der Waals surface area contributed by atoms with Crippen molar-refractivity contribution >= 4 is 5.91 Å². The largest absolute Gasteiger partial charge is 0.342 e. The molecule has 2 fully saturated rings.